The normalized spacial score (nSPS) is 11.0. The fourth-order valence-corrected chi connectivity index (χ4v) is 2.05. The topological polar surface area (TPSA) is 49.4 Å². The predicted octanol–water partition coefficient (Wildman–Crippen LogP) is 3.40. The van der Waals surface area contributed by atoms with Gasteiger partial charge in [0.25, 0.3) is 0 Å². The third-order valence-electron chi connectivity index (χ3n) is 2.95. The van der Waals surface area contributed by atoms with E-state index in [4.69, 9.17) is 11.6 Å². The number of nitrogens with zero attached hydrogens (tertiary/aromatic N) is 1. The van der Waals surface area contributed by atoms with Crippen LogP contribution in [0.5, 0.6) is 0 Å². The van der Waals surface area contributed by atoms with Crippen molar-refractivity contribution in [2.45, 2.75) is 19.5 Å². The molecule has 2 amide bonds. The van der Waals surface area contributed by atoms with E-state index in [1.807, 2.05) is 0 Å². The maximum Gasteiger partial charge on any atom is 0.416 e. The Hall–Kier alpha value is -2.02. The second kappa shape index (κ2) is 8.01. The summed E-state index contributed by atoms with van der Waals surface area (Å²) in [6, 6.07) is 2.71. The zero-order chi connectivity index (χ0) is 17.6. The first-order valence-electron chi connectivity index (χ1n) is 6.69. The van der Waals surface area contributed by atoms with E-state index in [2.05, 4.69) is 11.9 Å². The average molecular weight is 349 g/mol. The van der Waals surface area contributed by atoms with Crippen LogP contribution in [0, 0.1) is 0 Å². The summed E-state index contributed by atoms with van der Waals surface area (Å²) in [5, 5.41) is 2.52. The van der Waals surface area contributed by atoms with Crippen molar-refractivity contribution in [2.75, 3.05) is 18.0 Å². The van der Waals surface area contributed by atoms with Gasteiger partial charge in [0.2, 0.25) is 11.8 Å². The molecular formula is C15H16ClF3N2O2. The molecule has 0 saturated carbocycles. The van der Waals surface area contributed by atoms with Crippen LogP contribution in [-0.4, -0.2) is 24.9 Å². The number of carbonyl (C=O) groups is 2. The SMILES string of the molecule is C=CCNC(=O)CCN(C(C)=O)c1cc(C(F)(F)F)ccc1Cl. The van der Waals surface area contributed by atoms with E-state index in [1.165, 1.54) is 13.0 Å². The number of hydrogen-bond acceptors (Lipinski definition) is 2. The van der Waals surface area contributed by atoms with Crippen molar-refractivity contribution in [2.24, 2.45) is 0 Å². The Labute approximate surface area is 136 Å². The molecule has 0 unspecified atom stereocenters. The zero-order valence-corrected chi connectivity index (χ0v) is 13.2. The van der Waals surface area contributed by atoms with Gasteiger partial charge in [0.05, 0.1) is 16.3 Å². The Morgan fingerprint density at radius 1 is 1.39 bits per heavy atom. The van der Waals surface area contributed by atoms with Gasteiger partial charge in [-0.1, -0.05) is 17.7 Å². The minimum atomic E-state index is -4.55. The minimum absolute atomic E-state index is 0.000278. The number of hydrogen-bond donors (Lipinski definition) is 1. The number of carbonyl (C=O) groups excluding carboxylic acids is 2. The largest absolute Gasteiger partial charge is 0.416 e. The van der Waals surface area contributed by atoms with Gasteiger partial charge in [0.1, 0.15) is 0 Å². The summed E-state index contributed by atoms with van der Waals surface area (Å²) in [5.74, 6) is -0.859. The second-order valence-corrected chi connectivity index (χ2v) is 5.08. The van der Waals surface area contributed by atoms with Crippen LogP contribution in [0.1, 0.15) is 18.9 Å². The number of anilines is 1. The van der Waals surface area contributed by atoms with Crippen LogP contribution in [0.25, 0.3) is 0 Å². The van der Waals surface area contributed by atoms with E-state index < -0.39 is 17.6 Å². The number of alkyl halides is 3. The van der Waals surface area contributed by atoms with Crippen LogP contribution in [0.2, 0.25) is 5.02 Å². The van der Waals surface area contributed by atoms with Gasteiger partial charge in [-0.2, -0.15) is 13.2 Å². The molecule has 23 heavy (non-hydrogen) atoms. The van der Waals surface area contributed by atoms with Crippen molar-refractivity contribution >= 4 is 29.1 Å². The summed E-state index contributed by atoms with van der Waals surface area (Å²) in [6.45, 7) is 4.82. The summed E-state index contributed by atoms with van der Waals surface area (Å²) in [7, 11) is 0. The summed E-state index contributed by atoms with van der Waals surface area (Å²) < 4.78 is 38.4. The highest BCUT2D eigenvalue weighted by Crippen LogP contribution is 2.35. The van der Waals surface area contributed by atoms with Crippen molar-refractivity contribution < 1.29 is 22.8 Å². The Bertz CT molecular complexity index is 603. The van der Waals surface area contributed by atoms with Gasteiger partial charge >= 0.3 is 6.18 Å². The average Bonchev–Trinajstić information content (AvgIpc) is 2.45. The van der Waals surface area contributed by atoms with E-state index in [1.54, 1.807) is 0 Å². The summed E-state index contributed by atoms with van der Waals surface area (Å²) in [5.41, 5.74) is -0.996. The van der Waals surface area contributed by atoms with Crippen LogP contribution >= 0.6 is 11.6 Å². The molecule has 1 aromatic carbocycles. The van der Waals surface area contributed by atoms with E-state index in [0.717, 1.165) is 23.1 Å². The van der Waals surface area contributed by atoms with Crippen molar-refractivity contribution in [3.8, 4) is 0 Å². The lowest BCUT2D eigenvalue weighted by atomic mass is 10.1. The van der Waals surface area contributed by atoms with E-state index >= 15 is 0 Å². The third-order valence-corrected chi connectivity index (χ3v) is 3.27. The molecule has 1 aromatic rings. The molecule has 0 aliphatic carbocycles. The highest BCUT2D eigenvalue weighted by Gasteiger charge is 2.32. The summed E-state index contributed by atoms with van der Waals surface area (Å²) >= 11 is 5.91. The van der Waals surface area contributed by atoms with Crippen molar-refractivity contribution in [3.05, 3.63) is 41.4 Å². The first kappa shape index (κ1) is 19.0. The van der Waals surface area contributed by atoms with Gasteiger partial charge in [-0.3, -0.25) is 9.59 Å². The third kappa shape index (κ3) is 5.59. The molecule has 126 valence electrons. The molecule has 1 rings (SSSR count). The first-order valence-corrected chi connectivity index (χ1v) is 7.07. The first-order chi connectivity index (χ1) is 10.7. The zero-order valence-electron chi connectivity index (χ0n) is 12.4. The molecule has 0 aromatic heterocycles. The molecule has 0 heterocycles. The van der Waals surface area contributed by atoms with Crippen LogP contribution in [-0.2, 0) is 15.8 Å². The van der Waals surface area contributed by atoms with Crippen LogP contribution in [0.3, 0.4) is 0 Å². The molecule has 1 N–H and O–H groups in total. The quantitative estimate of drug-likeness (QED) is 0.801. The monoisotopic (exact) mass is 348 g/mol. The molecule has 0 bridgehead atoms. The predicted molar refractivity (Wildman–Crippen MR) is 82.3 cm³/mol. The van der Waals surface area contributed by atoms with Gasteiger partial charge in [0, 0.05) is 26.4 Å². The summed E-state index contributed by atoms with van der Waals surface area (Å²) in [6.07, 6.45) is -3.13. The molecule has 0 radical (unpaired) electrons. The second-order valence-electron chi connectivity index (χ2n) is 4.68. The van der Waals surface area contributed by atoms with Gasteiger partial charge < -0.3 is 10.2 Å². The number of amides is 2. The lowest BCUT2D eigenvalue weighted by molar-refractivity contribution is -0.137. The van der Waals surface area contributed by atoms with Gasteiger partial charge in [-0.25, -0.2) is 0 Å². The fraction of sp³-hybridized carbons (Fsp3) is 0.333. The summed E-state index contributed by atoms with van der Waals surface area (Å²) in [4.78, 5) is 24.3. The standard InChI is InChI=1S/C15H16ClF3N2O2/c1-3-7-20-14(23)6-8-21(10(2)22)13-9-11(15(17,18)19)4-5-12(13)16/h3-5,9H,1,6-8H2,2H3,(H,20,23). The Balaban J connectivity index is 2.99. The van der Waals surface area contributed by atoms with Gasteiger partial charge in [-0.15, -0.1) is 6.58 Å². The Morgan fingerprint density at radius 2 is 2.04 bits per heavy atom. The lowest BCUT2D eigenvalue weighted by Gasteiger charge is -2.23. The van der Waals surface area contributed by atoms with Crippen molar-refractivity contribution in [3.63, 3.8) is 0 Å². The maximum atomic E-state index is 12.8. The van der Waals surface area contributed by atoms with E-state index in [0.29, 0.717) is 0 Å². The highest BCUT2D eigenvalue weighted by atomic mass is 35.5. The molecule has 0 fully saturated rings. The number of benzene rings is 1. The maximum absolute atomic E-state index is 12.8. The molecule has 0 aliphatic rings. The minimum Gasteiger partial charge on any atom is -0.353 e. The van der Waals surface area contributed by atoms with Crippen molar-refractivity contribution in [1.82, 2.24) is 5.32 Å². The van der Waals surface area contributed by atoms with Crippen LogP contribution in [0.4, 0.5) is 18.9 Å². The number of halogens is 4. The van der Waals surface area contributed by atoms with E-state index in [9.17, 15) is 22.8 Å². The fourth-order valence-electron chi connectivity index (χ4n) is 1.83. The molecule has 8 heteroatoms. The lowest BCUT2D eigenvalue weighted by Crippen LogP contribution is -2.34. The van der Waals surface area contributed by atoms with E-state index in [-0.39, 0.29) is 36.1 Å². The Kier molecular flexibility index (Phi) is 6.62. The Morgan fingerprint density at radius 3 is 2.57 bits per heavy atom. The smallest absolute Gasteiger partial charge is 0.353 e. The molecule has 0 atom stereocenters. The van der Waals surface area contributed by atoms with Crippen LogP contribution < -0.4 is 10.2 Å². The molecule has 0 aliphatic heterocycles. The van der Waals surface area contributed by atoms with Gasteiger partial charge in [0.15, 0.2) is 0 Å². The number of rotatable bonds is 6. The highest BCUT2D eigenvalue weighted by molar-refractivity contribution is 6.33. The van der Waals surface area contributed by atoms with Gasteiger partial charge in [-0.05, 0) is 18.2 Å². The van der Waals surface area contributed by atoms with Crippen molar-refractivity contribution in [1.29, 1.82) is 0 Å². The molecule has 4 nitrogen and oxygen atoms in total. The number of nitrogens with one attached hydrogen (secondary N) is 1. The van der Waals surface area contributed by atoms with Crippen LogP contribution in [0.15, 0.2) is 30.9 Å². The molecule has 0 saturated heterocycles. The molecular weight excluding hydrogens is 333 g/mol. The molecule has 0 spiro atoms.